The minimum Gasteiger partial charge on any atom is -0.360 e. The summed E-state index contributed by atoms with van der Waals surface area (Å²) in [6, 6.07) is 6.87. The van der Waals surface area contributed by atoms with Crippen LogP contribution in [0.1, 0.15) is 42.0 Å². The van der Waals surface area contributed by atoms with E-state index >= 15 is 0 Å². The average molecular weight is 489 g/mol. The Balaban J connectivity index is 1.52. The van der Waals surface area contributed by atoms with Gasteiger partial charge in [0.1, 0.15) is 22.4 Å². The number of piperidine rings is 1. The number of carbonyl (C=O) groups excluding carboxylic acids is 1. The van der Waals surface area contributed by atoms with Crippen molar-refractivity contribution >= 4 is 55.8 Å². The van der Waals surface area contributed by atoms with Crippen LogP contribution < -0.4 is 5.32 Å². The third kappa shape index (κ3) is 4.20. The molecule has 11 heteroatoms. The number of hydrogen-bond donors (Lipinski definition) is 1. The van der Waals surface area contributed by atoms with Crippen molar-refractivity contribution in [3.05, 3.63) is 52.5 Å². The molecule has 1 aliphatic rings. The Hall–Kier alpha value is -2.98. The standard InChI is InChI=1S/C22H19ClF2N6OS/c1-12(29-19-18-20(27-10-26-19)33-11-28-18)15-9-13-3-2-4-14(23)16(13)17(30-15)21(32)31-7-5-22(24,25)6-8-31/h2-4,9-12H,5-8H2,1H3,(H,26,27,29)/t12-/m0/s1. The van der Waals surface area contributed by atoms with E-state index in [2.05, 4.69) is 25.3 Å². The molecule has 5 rings (SSSR count). The molecule has 1 fully saturated rings. The molecule has 1 N–H and O–H groups in total. The minimum atomic E-state index is -2.75. The van der Waals surface area contributed by atoms with E-state index in [0.29, 0.717) is 27.4 Å². The molecule has 0 saturated carbocycles. The molecule has 4 heterocycles. The molecule has 0 spiro atoms. The van der Waals surface area contributed by atoms with Gasteiger partial charge in [-0.1, -0.05) is 23.7 Å². The van der Waals surface area contributed by atoms with E-state index in [4.69, 9.17) is 11.6 Å². The molecular weight excluding hydrogens is 470 g/mol. The van der Waals surface area contributed by atoms with Crippen LogP contribution in [0.5, 0.6) is 0 Å². The van der Waals surface area contributed by atoms with Gasteiger partial charge in [-0.25, -0.2) is 28.7 Å². The average Bonchev–Trinajstić information content (AvgIpc) is 3.28. The fourth-order valence-electron chi connectivity index (χ4n) is 3.93. The molecule has 0 bridgehead atoms. The highest BCUT2D eigenvalue weighted by Crippen LogP contribution is 2.33. The summed E-state index contributed by atoms with van der Waals surface area (Å²) in [5.74, 6) is -2.59. The van der Waals surface area contributed by atoms with Crippen LogP contribution >= 0.6 is 22.9 Å². The number of thiazole rings is 1. The Bertz CT molecular complexity index is 1350. The fourth-order valence-corrected chi connectivity index (χ4v) is 4.83. The maximum atomic E-state index is 13.6. The third-order valence-corrected chi connectivity index (χ3v) is 6.79. The van der Waals surface area contributed by atoms with E-state index in [1.165, 1.54) is 22.6 Å². The smallest absolute Gasteiger partial charge is 0.273 e. The Morgan fingerprint density at radius 2 is 2.03 bits per heavy atom. The lowest BCUT2D eigenvalue weighted by Crippen LogP contribution is -2.43. The molecule has 0 unspecified atom stereocenters. The first kappa shape index (κ1) is 21.8. The second-order valence-corrected chi connectivity index (χ2v) is 9.22. The molecule has 4 aromatic rings. The number of benzene rings is 1. The third-order valence-electron chi connectivity index (χ3n) is 5.74. The maximum Gasteiger partial charge on any atom is 0.273 e. The molecule has 1 amide bonds. The summed E-state index contributed by atoms with van der Waals surface area (Å²) >= 11 is 7.85. The topological polar surface area (TPSA) is 83.9 Å². The lowest BCUT2D eigenvalue weighted by atomic mass is 10.0. The van der Waals surface area contributed by atoms with Crippen molar-refractivity contribution in [1.29, 1.82) is 0 Å². The number of fused-ring (bicyclic) bond motifs is 2. The summed E-state index contributed by atoms with van der Waals surface area (Å²) < 4.78 is 27.3. The highest BCUT2D eigenvalue weighted by molar-refractivity contribution is 7.16. The second-order valence-electron chi connectivity index (χ2n) is 7.98. The van der Waals surface area contributed by atoms with Crippen molar-refractivity contribution in [2.75, 3.05) is 18.4 Å². The summed E-state index contributed by atoms with van der Waals surface area (Å²) in [6.07, 6.45) is 0.739. The number of rotatable bonds is 4. The van der Waals surface area contributed by atoms with Gasteiger partial charge in [0.05, 0.1) is 22.3 Å². The van der Waals surface area contributed by atoms with Gasteiger partial charge in [0.25, 0.3) is 11.8 Å². The molecule has 1 aliphatic heterocycles. The number of pyridine rings is 1. The van der Waals surface area contributed by atoms with Crippen molar-refractivity contribution in [2.24, 2.45) is 0 Å². The Morgan fingerprint density at radius 3 is 2.82 bits per heavy atom. The first-order valence-corrected chi connectivity index (χ1v) is 11.7. The highest BCUT2D eigenvalue weighted by Gasteiger charge is 2.36. The molecule has 7 nitrogen and oxygen atoms in total. The van der Waals surface area contributed by atoms with Crippen molar-refractivity contribution in [2.45, 2.75) is 31.7 Å². The van der Waals surface area contributed by atoms with Crippen LogP contribution in [0.4, 0.5) is 14.6 Å². The number of likely N-dealkylation sites (tertiary alicyclic amines) is 1. The van der Waals surface area contributed by atoms with E-state index in [1.807, 2.05) is 19.1 Å². The summed E-state index contributed by atoms with van der Waals surface area (Å²) in [4.78, 5) is 33.0. The van der Waals surface area contributed by atoms with Gasteiger partial charge in [0.15, 0.2) is 5.82 Å². The van der Waals surface area contributed by atoms with Crippen LogP contribution in [0, 0.1) is 0 Å². The Kier molecular flexibility index (Phi) is 5.57. The lowest BCUT2D eigenvalue weighted by molar-refractivity contribution is -0.0494. The van der Waals surface area contributed by atoms with E-state index in [0.717, 1.165) is 10.2 Å². The van der Waals surface area contributed by atoms with Crippen LogP contribution in [0.25, 0.3) is 21.1 Å². The molecular formula is C22H19ClF2N6OS. The summed E-state index contributed by atoms with van der Waals surface area (Å²) in [5, 5.41) is 4.94. The van der Waals surface area contributed by atoms with Gasteiger partial charge in [-0.15, -0.1) is 11.3 Å². The van der Waals surface area contributed by atoms with Gasteiger partial charge in [-0.05, 0) is 24.4 Å². The van der Waals surface area contributed by atoms with Crippen LogP contribution in [-0.2, 0) is 0 Å². The molecule has 0 radical (unpaired) electrons. The summed E-state index contributed by atoms with van der Waals surface area (Å²) in [5.41, 5.74) is 3.11. The molecule has 1 saturated heterocycles. The number of aromatic nitrogens is 4. The highest BCUT2D eigenvalue weighted by atomic mass is 35.5. The van der Waals surface area contributed by atoms with Crippen molar-refractivity contribution in [3.63, 3.8) is 0 Å². The summed E-state index contributed by atoms with van der Waals surface area (Å²) in [7, 11) is 0. The van der Waals surface area contributed by atoms with E-state index < -0.39 is 11.8 Å². The Labute approximate surface area is 196 Å². The van der Waals surface area contributed by atoms with Crippen LogP contribution in [0.3, 0.4) is 0 Å². The van der Waals surface area contributed by atoms with Crippen molar-refractivity contribution in [1.82, 2.24) is 24.8 Å². The predicted octanol–water partition coefficient (Wildman–Crippen LogP) is 5.33. The quantitative estimate of drug-likeness (QED) is 0.418. The van der Waals surface area contributed by atoms with Crippen LogP contribution in [0.15, 0.2) is 36.1 Å². The van der Waals surface area contributed by atoms with Gasteiger partial charge in [0.2, 0.25) is 0 Å². The van der Waals surface area contributed by atoms with Gasteiger partial charge in [-0.2, -0.15) is 0 Å². The molecule has 33 heavy (non-hydrogen) atoms. The van der Waals surface area contributed by atoms with Gasteiger partial charge < -0.3 is 10.2 Å². The number of nitrogens with one attached hydrogen (secondary N) is 1. The zero-order valence-electron chi connectivity index (χ0n) is 17.6. The molecule has 1 atom stereocenters. The van der Waals surface area contributed by atoms with E-state index in [-0.39, 0.29) is 37.7 Å². The first-order chi connectivity index (χ1) is 15.8. The van der Waals surface area contributed by atoms with Gasteiger partial charge in [0, 0.05) is 31.3 Å². The predicted molar refractivity (Wildman–Crippen MR) is 124 cm³/mol. The van der Waals surface area contributed by atoms with Crippen molar-refractivity contribution < 1.29 is 13.6 Å². The largest absolute Gasteiger partial charge is 0.360 e. The second kappa shape index (κ2) is 8.42. The number of hydrogen-bond acceptors (Lipinski definition) is 7. The molecule has 1 aromatic carbocycles. The minimum absolute atomic E-state index is 0.0275. The molecule has 0 aliphatic carbocycles. The fraction of sp³-hybridized carbons (Fsp3) is 0.318. The zero-order valence-corrected chi connectivity index (χ0v) is 19.1. The number of carbonyl (C=O) groups is 1. The molecule has 170 valence electrons. The number of halogens is 3. The zero-order chi connectivity index (χ0) is 23.2. The number of nitrogens with zero attached hydrogens (tertiary/aromatic N) is 5. The maximum absolute atomic E-state index is 13.6. The monoisotopic (exact) mass is 488 g/mol. The SMILES string of the molecule is C[C@H](Nc1ncnc2scnc12)c1cc2cccc(Cl)c2c(C(=O)N2CCC(F)(F)CC2)n1. The van der Waals surface area contributed by atoms with Crippen LogP contribution in [0.2, 0.25) is 5.02 Å². The normalized spacial score (nSPS) is 16.8. The number of anilines is 1. The molecule has 3 aromatic heterocycles. The van der Waals surface area contributed by atoms with Crippen molar-refractivity contribution in [3.8, 4) is 0 Å². The van der Waals surface area contributed by atoms with E-state index in [1.54, 1.807) is 17.6 Å². The Morgan fingerprint density at radius 1 is 1.24 bits per heavy atom. The van der Waals surface area contributed by atoms with Gasteiger partial charge in [-0.3, -0.25) is 4.79 Å². The number of amides is 1. The number of alkyl halides is 2. The summed E-state index contributed by atoms with van der Waals surface area (Å²) in [6.45, 7) is 1.84. The van der Waals surface area contributed by atoms with Gasteiger partial charge >= 0.3 is 0 Å². The van der Waals surface area contributed by atoms with E-state index in [9.17, 15) is 13.6 Å². The lowest BCUT2D eigenvalue weighted by Gasteiger charge is -2.32. The first-order valence-electron chi connectivity index (χ1n) is 10.4. The van der Waals surface area contributed by atoms with Crippen LogP contribution in [-0.4, -0.2) is 49.8 Å².